The fourth-order valence-corrected chi connectivity index (χ4v) is 1.27. The van der Waals surface area contributed by atoms with Crippen molar-refractivity contribution in [3.8, 4) is 0 Å². The van der Waals surface area contributed by atoms with Crippen LogP contribution >= 0.6 is 0 Å². The number of carbonyl (C=O) groups is 1. The Kier molecular flexibility index (Phi) is 3.08. The van der Waals surface area contributed by atoms with E-state index in [0.717, 1.165) is 6.08 Å². The third-order valence-electron chi connectivity index (χ3n) is 2.13. The van der Waals surface area contributed by atoms with E-state index >= 15 is 0 Å². The highest BCUT2D eigenvalue weighted by atomic mass is 19.4. The molecule has 6 heteroatoms. The minimum atomic E-state index is -4.27. The lowest BCUT2D eigenvalue weighted by Crippen LogP contribution is -2.23. The summed E-state index contributed by atoms with van der Waals surface area (Å²) in [7, 11) is 0. The van der Waals surface area contributed by atoms with Crippen molar-refractivity contribution in [3.05, 3.63) is 12.7 Å². The van der Waals surface area contributed by atoms with E-state index in [-0.39, 0.29) is 6.61 Å². The first-order chi connectivity index (χ1) is 6.77. The van der Waals surface area contributed by atoms with Crippen molar-refractivity contribution in [3.63, 3.8) is 0 Å². The van der Waals surface area contributed by atoms with Gasteiger partial charge in [-0.05, 0) is 6.92 Å². The van der Waals surface area contributed by atoms with Crippen LogP contribution in [-0.4, -0.2) is 30.5 Å². The number of alkyl halides is 3. The van der Waals surface area contributed by atoms with Gasteiger partial charge in [-0.1, -0.05) is 6.58 Å². The molecule has 0 N–H and O–H groups in total. The van der Waals surface area contributed by atoms with Crippen molar-refractivity contribution in [2.75, 3.05) is 6.61 Å². The van der Waals surface area contributed by atoms with Gasteiger partial charge in [-0.3, -0.25) is 0 Å². The monoisotopic (exact) mass is 224 g/mol. The van der Waals surface area contributed by atoms with Crippen molar-refractivity contribution in [1.82, 2.24) is 0 Å². The quantitative estimate of drug-likeness (QED) is 0.415. The minimum Gasteiger partial charge on any atom is -0.460 e. The number of hydrogen-bond donors (Lipinski definition) is 0. The standard InChI is InChI=1S/C9H11F3O3/c1-3-7(13)14-4-6-8(2,15-6)5-9(10,11)12/h3,6H,1,4-5H2,2H3. The Morgan fingerprint density at radius 2 is 2.27 bits per heavy atom. The molecule has 0 aromatic rings. The molecular weight excluding hydrogens is 213 g/mol. The molecule has 1 heterocycles. The highest BCUT2D eigenvalue weighted by molar-refractivity contribution is 5.81. The van der Waals surface area contributed by atoms with Gasteiger partial charge in [-0.25, -0.2) is 4.79 Å². The molecule has 2 atom stereocenters. The summed E-state index contributed by atoms with van der Waals surface area (Å²) >= 11 is 0. The molecule has 0 bridgehead atoms. The topological polar surface area (TPSA) is 38.8 Å². The Morgan fingerprint density at radius 1 is 1.67 bits per heavy atom. The van der Waals surface area contributed by atoms with Crippen molar-refractivity contribution in [2.45, 2.75) is 31.2 Å². The van der Waals surface area contributed by atoms with E-state index in [1.165, 1.54) is 6.92 Å². The molecular formula is C9H11F3O3. The fourth-order valence-electron chi connectivity index (χ4n) is 1.27. The van der Waals surface area contributed by atoms with Gasteiger partial charge in [0, 0.05) is 6.08 Å². The second-order valence-electron chi connectivity index (χ2n) is 3.55. The Bertz CT molecular complexity index is 274. The maximum atomic E-state index is 12.0. The Morgan fingerprint density at radius 3 is 2.73 bits per heavy atom. The summed E-state index contributed by atoms with van der Waals surface area (Å²) in [6.07, 6.45) is -5.03. The normalized spacial score (nSPS) is 29.7. The first-order valence-electron chi connectivity index (χ1n) is 4.30. The van der Waals surface area contributed by atoms with E-state index in [4.69, 9.17) is 4.74 Å². The number of rotatable bonds is 4. The molecule has 1 saturated heterocycles. The first kappa shape index (κ1) is 12.0. The van der Waals surface area contributed by atoms with E-state index in [1.807, 2.05) is 0 Å². The second kappa shape index (κ2) is 3.84. The summed E-state index contributed by atoms with van der Waals surface area (Å²) < 4.78 is 45.5. The van der Waals surface area contributed by atoms with Crippen LogP contribution < -0.4 is 0 Å². The summed E-state index contributed by atoms with van der Waals surface area (Å²) in [6, 6.07) is 0. The van der Waals surface area contributed by atoms with Gasteiger partial charge < -0.3 is 9.47 Å². The second-order valence-corrected chi connectivity index (χ2v) is 3.55. The molecule has 0 spiro atoms. The minimum absolute atomic E-state index is 0.169. The molecule has 0 aliphatic carbocycles. The third kappa shape index (κ3) is 3.54. The van der Waals surface area contributed by atoms with Gasteiger partial charge in [0.15, 0.2) is 0 Å². The van der Waals surface area contributed by atoms with Crippen LogP contribution in [0.5, 0.6) is 0 Å². The summed E-state index contributed by atoms with van der Waals surface area (Å²) in [6.45, 7) is 4.33. The average molecular weight is 224 g/mol. The zero-order valence-corrected chi connectivity index (χ0v) is 8.13. The van der Waals surface area contributed by atoms with E-state index in [9.17, 15) is 18.0 Å². The van der Waals surface area contributed by atoms with Crippen LogP contribution in [0.4, 0.5) is 13.2 Å². The first-order valence-corrected chi connectivity index (χ1v) is 4.30. The van der Waals surface area contributed by atoms with Gasteiger partial charge >= 0.3 is 12.1 Å². The van der Waals surface area contributed by atoms with E-state index in [2.05, 4.69) is 11.3 Å². The van der Waals surface area contributed by atoms with Gasteiger partial charge in [0.25, 0.3) is 0 Å². The van der Waals surface area contributed by atoms with Crippen LogP contribution in [0.2, 0.25) is 0 Å². The van der Waals surface area contributed by atoms with Crippen LogP contribution in [0.25, 0.3) is 0 Å². The maximum Gasteiger partial charge on any atom is 0.391 e. The predicted molar refractivity (Wildman–Crippen MR) is 45.1 cm³/mol. The predicted octanol–water partition coefficient (Wildman–Crippen LogP) is 1.83. The van der Waals surface area contributed by atoms with Crippen molar-refractivity contribution >= 4 is 5.97 Å². The molecule has 1 aliphatic rings. The molecule has 0 amide bonds. The van der Waals surface area contributed by atoms with Crippen molar-refractivity contribution < 1.29 is 27.4 Å². The molecule has 0 aromatic heterocycles. The molecule has 86 valence electrons. The molecule has 0 saturated carbocycles. The highest BCUT2D eigenvalue weighted by Crippen LogP contribution is 2.44. The summed E-state index contributed by atoms with van der Waals surface area (Å²) in [5.41, 5.74) is -1.25. The summed E-state index contributed by atoms with van der Waals surface area (Å²) in [4.78, 5) is 10.6. The van der Waals surface area contributed by atoms with Gasteiger partial charge in [0.1, 0.15) is 18.3 Å². The Hall–Kier alpha value is -1.04. The van der Waals surface area contributed by atoms with Gasteiger partial charge in [0.2, 0.25) is 0 Å². The molecule has 2 unspecified atom stereocenters. The Labute approximate surface area is 84.8 Å². The number of epoxide rings is 1. The zero-order valence-electron chi connectivity index (χ0n) is 8.13. The van der Waals surface area contributed by atoms with Crippen LogP contribution in [0.3, 0.4) is 0 Å². The largest absolute Gasteiger partial charge is 0.460 e. The lowest BCUT2D eigenvalue weighted by atomic mass is 10.0. The summed E-state index contributed by atoms with van der Waals surface area (Å²) in [5, 5.41) is 0. The van der Waals surface area contributed by atoms with Gasteiger partial charge in [-0.2, -0.15) is 13.2 Å². The number of esters is 1. The van der Waals surface area contributed by atoms with Crippen molar-refractivity contribution in [2.24, 2.45) is 0 Å². The molecule has 1 fully saturated rings. The molecule has 1 aliphatic heterocycles. The van der Waals surface area contributed by atoms with Crippen LogP contribution in [0, 0.1) is 0 Å². The van der Waals surface area contributed by atoms with Crippen LogP contribution in [-0.2, 0) is 14.3 Å². The average Bonchev–Trinajstić information content (AvgIpc) is 2.68. The van der Waals surface area contributed by atoms with E-state index in [0.29, 0.717) is 0 Å². The smallest absolute Gasteiger partial charge is 0.391 e. The number of ether oxygens (including phenoxy) is 2. The number of hydrogen-bond acceptors (Lipinski definition) is 3. The van der Waals surface area contributed by atoms with Crippen molar-refractivity contribution in [1.29, 1.82) is 0 Å². The van der Waals surface area contributed by atoms with Crippen LogP contribution in [0.1, 0.15) is 13.3 Å². The van der Waals surface area contributed by atoms with E-state index < -0.39 is 30.3 Å². The number of carbonyl (C=O) groups excluding carboxylic acids is 1. The highest BCUT2D eigenvalue weighted by Gasteiger charge is 2.58. The van der Waals surface area contributed by atoms with Crippen LogP contribution in [0.15, 0.2) is 12.7 Å². The van der Waals surface area contributed by atoms with E-state index in [1.54, 1.807) is 0 Å². The van der Waals surface area contributed by atoms with Gasteiger partial charge in [-0.15, -0.1) is 0 Å². The molecule has 0 radical (unpaired) electrons. The summed E-state index contributed by atoms with van der Waals surface area (Å²) in [5.74, 6) is -0.667. The van der Waals surface area contributed by atoms with Gasteiger partial charge in [0.05, 0.1) is 6.42 Å². The molecule has 1 rings (SSSR count). The SMILES string of the molecule is C=CC(=O)OCC1OC1(C)CC(F)(F)F. The Balaban J connectivity index is 2.32. The lowest BCUT2D eigenvalue weighted by molar-refractivity contribution is -0.145. The number of halogens is 3. The maximum absolute atomic E-state index is 12.0. The lowest BCUT2D eigenvalue weighted by Gasteiger charge is -2.09. The fraction of sp³-hybridized carbons (Fsp3) is 0.667. The third-order valence-corrected chi connectivity index (χ3v) is 2.13. The molecule has 3 nitrogen and oxygen atoms in total. The zero-order chi connectivity index (χ0) is 11.7. The molecule has 0 aromatic carbocycles. The molecule has 15 heavy (non-hydrogen) atoms.